The van der Waals surface area contributed by atoms with E-state index in [-0.39, 0.29) is 17.9 Å². The van der Waals surface area contributed by atoms with Gasteiger partial charge in [-0.25, -0.2) is 0 Å². The van der Waals surface area contributed by atoms with E-state index in [0.717, 1.165) is 24.0 Å². The normalized spacial score (nSPS) is 17.4. The zero-order valence-electron chi connectivity index (χ0n) is 18.6. The van der Waals surface area contributed by atoms with Gasteiger partial charge in [-0.05, 0) is 29.7 Å². The number of Topliss-reactive ketones (excluding diaryl/α,β-unsaturated/α-hetero) is 1. The van der Waals surface area contributed by atoms with Gasteiger partial charge in [0.15, 0.2) is 0 Å². The monoisotopic (exact) mass is 441 g/mol. The molecule has 1 amide bonds. The number of hydrogen-bond donors (Lipinski definition) is 1. The van der Waals surface area contributed by atoms with Crippen molar-refractivity contribution in [1.29, 1.82) is 0 Å². The summed E-state index contributed by atoms with van der Waals surface area (Å²) in [5.74, 6) is -0.814. The molecule has 1 N–H and O–H groups in total. The van der Waals surface area contributed by atoms with Crippen molar-refractivity contribution in [2.45, 2.75) is 32.4 Å². The molecule has 3 aromatic rings. The van der Waals surface area contributed by atoms with Crippen LogP contribution in [0.5, 0.6) is 5.75 Å². The molecule has 0 aliphatic carbocycles. The van der Waals surface area contributed by atoms with Gasteiger partial charge in [-0.3, -0.25) is 9.59 Å². The van der Waals surface area contributed by atoms with Crippen LogP contribution in [0.1, 0.15) is 42.5 Å². The highest BCUT2D eigenvalue weighted by molar-refractivity contribution is 6.46. The van der Waals surface area contributed by atoms with Crippen LogP contribution in [0.2, 0.25) is 0 Å². The molecule has 0 aromatic heterocycles. The molecule has 1 saturated heterocycles. The molecule has 168 valence electrons. The van der Waals surface area contributed by atoms with E-state index >= 15 is 0 Å². The molecule has 3 aromatic carbocycles. The van der Waals surface area contributed by atoms with Gasteiger partial charge in [-0.1, -0.05) is 86.1 Å². The Bertz CT molecular complexity index is 1150. The number of benzene rings is 3. The molecule has 0 bridgehead atoms. The van der Waals surface area contributed by atoms with E-state index in [1.165, 1.54) is 4.90 Å². The first kappa shape index (κ1) is 22.3. The summed E-state index contributed by atoms with van der Waals surface area (Å²) in [5.41, 5.74) is 2.21. The van der Waals surface area contributed by atoms with Gasteiger partial charge in [-0.2, -0.15) is 0 Å². The average molecular weight is 442 g/mol. The quantitative estimate of drug-likeness (QED) is 0.217. The fourth-order valence-corrected chi connectivity index (χ4v) is 4.03. The molecule has 1 heterocycles. The maximum Gasteiger partial charge on any atom is 0.295 e. The number of carbonyl (C=O) groups is 2. The Kier molecular flexibility index (Phi) is 6.89. The Morgan fingerprint density at radius 2 is 1.64 bits per heavy atom. The van der Waals surface area contributed by atoms with Crippen LogP contribution >= 0.6 is 0 Å². The summed E-state index contributed by atoms with van der Waals surface area (Å²) in [6.45, 7) is 2.94. The largest absolute Gasteiger partial charge is 0.507 e. The van der Waals surface area contributed by atoms with Gasteiger partial charge in [0.1, 0.15) is 11.5 Å². The average Bonchev–Trinajstić information content (AvgIpc) is 3.10. The second-order valence-electron chi connectivity index (χ2n) is 8.05. The molecular formula is C28H27NO4. The van der Waals surface area contributed by atoms with Crippen molar-refractivity contribution in [3.05, 3.63) is 107 Å². The third-order valence-electron chi connectivity index (χ3n) is 5.72. The second kappa shape index (κ2) is 10.2. The molecule has 1 atom stereocenters. The number of carbonyl (C=O) groups excluding carboxylic acids is 2. The summed E-state index contributed by atoms with van der Waals surface area (Å²) >= 11 is 0. The number of ketones is 1. The van der Waals surface area contributed by atoms with Gasteiger partial charge in [-0.15, -0.1) is 0 Å². The summed E-state index contributed by atoms with van der Waals surface area (Å²) in [6, 6.07) is 25.1. The van der Waals surface area contributed by atoms with Crippen LogP contribution in [0.3, 0.4) is 0 Å². The van der Waals surface area contributed by atoms with Crippen molar-refractivity contribution in [3.8, 4) is 5.75 Å². The Hall–Kier alpha value is -3.86. The van der Waals surface area contributed by atoms with Crippen molar-refractivity contribution in [2.24, 2.45) is 0 Å². The number of aliphatic hydroxyl groups excluding tert-OH is 1. The Labute approximate surface area is 193 Å². The van der Waals surface area contributed by atoms with Crippen LogP contribution in [-0.4, -0.2) is 28.3 Å². The number of unbranched alkanes of at least 4 members (excludes halogenated alkanes) is 1. The third kappa shape index (κ3) is 4.82. The van der Waals surface area contributed by atoms with E-state index in [4.69, 9.17) is 4.74 Å². The number of hydrogen-bond acceptors (Lipinski definition) is 4. The van der Waals surface area contributed by atoms with E-state index in [1.807, 2.05) is 60.7 Å². The minimum atomic E-state index is -0.722. The topological polar surface area (TPSA) is 66.8 Å². The van der Waals surface area contributed by atoms with Crippen LogP contribution < -0.4 is 4.74 Å². The van der Waals surface area contributed by atoms with Crippen LogP contribution in [-0.2, 0) is 16.1 Å². The molecule has 5 heteroatoms. The van der Waals surface area contributed by atoms with Crippen molar-refractivity contribution in [3.63, 3.8) is 0 Å². The van der Waals surface area contributed by atoms with Gasteiger partial charge < -0.3 is 14.7 Å². The summed E-state index contributed by atoms with van der Waals surface area (Å²) in [4.78, 5) is 27.8. The fourth-order valence-electron chi connectivity index (χ4n) is 4.03. The standard InChI is InChI=1S/C28H27NO4/c1-2-3-17-33-23-16-10-15-22(18-23)25-24(26(30)21-13-8-5-9-14-21)27(31)28(32)29(25)19-20-11-6-4-7-12-20/h4-16,18,25,30H,2-3,17,19H2,1H3/b26-24+. The zero-order chi connectivity index (χ0) is 23.2. The molecule has 1 aliphatic rings. The van der Waals surface area contributed by atoms with Gasteiger partial charge in [0.2, 0.25) is 0 Å². The van der Waals surface area contributed by atoms with E-state index < -0.39 is 17.7 Å². The van der Waals surface area contributed by atoms with Gasteiger partial charge >= 0.3 is 0 Å². The smallest absolute Gasteiger partial charge is 0.295 e. The van der Waals surface area contributed by atoms with Crippen LogP contribution in [0.4, 0.5) is 0 Å². The summed E-state index contributed by atoms with van der Waals surface area (Å²) in [7, 11) is 0. The summed E-state index contributed by atoms with van der Waals surface area (Å²) < 4.78 is 5.87. The Morgan fingerprint density at radius 3 is 2.33 bits per heavy atom. The highest BCUT2D eigenvalue weighted by atomic mass is 16.5. The Balaban J connectivity index is 1.80. The van der Waals surface area contributed by atoms with Crippen LogP contribution in [0.15, 0.2) is 90.5 Å². The molecule has 4 rings (SSSR count). The number of likely N-dealkylation sites (tertiary alicyclic amines) is 1. The predicted molar refractivity (Wildman–Crippen MR) is 128 cm³/mol. The molecule has 33 heavy (non-hydrogen) atoms. The van der Waals surface area contributed by atoms with Crippen molar-refractivity contribution < 1.29 is 19.4 Å². The van der Waals surface area contributed by atoms with E-state index in [2.05, 4.69) is 6.92 Å². The second-order valence-corrected chi connectivity index (χ2v) is 8.05. The number of rotatable bonds is 8. The molecule has 0 radical (unpaired) electrons. The van der Waals surface area contributed by atoms with E-state index in [1.54, 1.807) is 24.3 Å². The highest BCUT2D eigenvalue weighted by Gasteiger charge is 2.46. The van der Waals surface area contributed by atoms with Crippen molar-refractivity contribution >= 4 is 17.4 Å². The van der Waals surface area contributed by atoms with Crippen LogP contribution in [0.25, 0.3) is 5.76 Å². The lowest BCUT2D eigenvalue weighted by molar-refractivity contribution is -0.140. The van der Waals surface area contributed by atoms with Gasteiger partial charge in [0, 0.05) is 12.1 Å². The lowest BCUT2D eigenvalue weighted by atomic mass is 9.95. The molecule has 1 fully saturated rings. The lowest BCUT2D eigenvalue weighted by Crippen LogP contribution is -2.29. The maximum absolute atomic E-state index is 13.2. The maximum atomic E-state index is 13.2. The number of nitrogens with zero attached hydrogens (tertiary/aromatic N) is 1. The van der Waals surface area contributed by atoms with Gasteiger partial charge in [0.25, 0.3) is 11.7 Å². The number of amides is 1. The van der Waals surface area contributed by atoms with Crippen molar-refractivity contribution in [2.75, 3.05) is 6.61 Å². The third-order valence-corrected chi connectivity index (χ3v) is 5.72. The Morgan fingerprint density at radius 1 is 0.939 bits per heavy atom. The van der Waals surface area contributed by atoms with Gasteiger partial charge in [0.05, 0.1) is 18.2 Å². The predicted octanol–water partition coefficient (Wildman–Crippen LogP) is 5.49. The molecule has 0 spiro atoms. The first-order chi connectivity index (χ1) is 16.1. The molecule has 1 unspecified atom stereocenters. The van der Waals surface area contributed by atoms with Crippen molar-refractivity contribution in [1.82, 2.24) is 4.90 Å². The van der Waals surface area contributed by atoms with Crippen LogP contribution in [0, 0.1) is 0 Å². The first-order valence-corrected chi connectivity index (χ1v) is 11.2. The molecule has 1 aliphatic heterocycles. The minimum absolute atomic E-state index is 0.0906. The minimum Gasteiger partial charge on any atom is -0.507 e. The first-order valence-electron chi connectivity index (χ1n) is 11.2. The van der Waals surface area contributed by atoms with E-state index in [0.29, 0.717) is 17.9 Å². The summed E-state index contributed by atoms with van der Waals surface area (Å²) in [5, 5.41) is 11.1. The number of ether oxygens (including phenoxy) is 1. The molecule has 0 saturated carbocycles. The zero-order valence-corrected chi connectivity index (χ0v) is 18.6. The lowest BCUT2D eigenvalue weighted by Gasteiger charge is -2.26. The van der Waals surface area contributed by atoms with E-state index in [9.17, 15) is 14.7 Å². The number of aliphatic hydroxyl groups is 1. The SMILES string of the molecule is CCCCOc1cccc(C2/C(=C(\O)c3ccccc3)C(=O)C(=O)N2Cc2ccccc2)c1. The molecule has 5 nitrogen and oxygen atoms in total. The fraction of sp³-hybridized carbons (Fsp3) is 0.214. The highest BCUT2D eigenvalue weighted by Crippen LogP contribution is 2.41. The summed E-state index contributed by atoms with van der Waals surface area (Å²) in [6.07, 6.45) is 1.96. The molecular weight excluding hydrogens is 414 g/mol.